The van der Waals surface area contributed by atoms with Crippen LogP contribution in [-0.4, -0.2) is 23.3 Å². The van der Waals surface area contributed by atoms with Gasteiger partial charge in [0.05, 0.1) is 18.3 Å². The van der Waals surface area contributed by atoms with Gasteiger partial charge in [-0.1, -0.05) is 6.07 Å². The predicted molar refractivity (Wildman–Crippen MR) is 75.9 cm³/mol. The molecule has 0 saturated heterocycles. The molecule has 0 unspecified atom stereocenters. The molecule has 0 aliphatic carbocycles. The lowest BCUT2D eigenvalue weighted by atomic mass is 10.1. The first-order chi connectivity index (χ1) is 9.58. The number of carbonyl (C=O) groups excluding carboxylic acids is 1. The number of hydrogen-bond acceptors (Lipinski definition) is 3. The molecule has 0 saturated carbocycles. The van der Waals surface area contributed by atoms with E-state index in [-0.39, 0.29) is 0 Å². The smallest absolute Gasteiger partial charge is 0.262 e. The molecule has 102 valence electrons. The third-order valence-electron chi connectivity index (χ3n) is 3.45. The first-order valence-corrected chi connectivity index (χ1v) is 6.37. The molecular formula is C15H14FN3O. The summed E-state index contributed by atoms with van der Waals surface area (Å²) in [7, 11) is 0. The van der Waals surface area contributed by atoms with Crippen LogP contribution in [0.1, 0.15) is 11.1 Å². The van der Waals surface area contributed by atoms with Crippen LogP contribution in [0.25, 0.3) is 0 Å². The van der Waals surface area contributed by atoms with Crippen molar-refractivity contribution >= 4 is 17.6 Å². The van der Waals surface area contributed by atoms with Gasteiger partial charge >= 0.3 is 0 Å². The van der Waals surface area contributed by atoms with E-state index < -0.39 is 11.9 Å². The molecule has 3 rings (SSSR count). The topological polar surface area (TPSA) is 35.9 Å². The van der Waals surface area contributed by atoms with Gasteiger partial charge in [-0.25, -0.2) is 9.89 Å². The standard InChI is InChI=1S/C15H14FN3O/c1-10-4-5-12(8-11(10)2)19-14(20)9-13(16)18-7-3-6-17-15(18)19/h3-5,7-9H,6H2,1-2H3. The maximum Gasteiger partial charge on any atom is 0.262 e. The van der Waals surface area contributed by atoms with Crippen LogP contribution in [0, 0.1) is 13.8 Å². The highest BCUT2D eigenvalue weighted by Crippen LogP contribution is 2.27. The Labute approximate surface area is 116 Å². The zero-order valence-corrected chi connectivity index (χ0v) is 11.3. The maximum absolute atomic E-state index is 13.8. The largest absolute Gasteiger partial charge is 0.269 e. The van der Waals surface area contributed by atoms with Gasteiger partial charge in [-0.2, -0.15) is 4.39 Å². The molecule has 4 nitrogen and oxygen atoms in total. The highest BCUT2D eigenvalue weighted by Gasteiger charge is 2.32. The molecule has 1 amide bonds. The fraction of sp³-hybridized carbons (Fsp3) is 0.200. The Morgan fingerprint density at radius 2 is 2.05 bits per heavy atom. The average molecular weight is 271 g/mol. The van der Waals surface area contributed by atoms with E-state index in [4.69, 9.17) is 0 Å². The van der Waals surface area contributed by atoms with Gasteiger partial charge in [-0.05, 0) is 43.2 Å². The molecular weight excluding hydrogens is 257 g/mol. The highest BCUT2D eigenvalue weighted by molar-refractivity contribution is 6.22. The lowest BCUT2D eigenvalue weighted by molar-refractivity contribution is -0.113. The number of amides is 1. The number of hydrogen-bond donors (Lipinski definition) is 0. The Kier molecular flexibility index (Phi) is 2.89. The van der Waals surface area contributed by atoms with Crippen molar-refractivity contribution in [3.8, 4) is 0 Å². The molecule has 5 heteroatoms. The normalized spacial score (nSPS) is 17.9. The summed E-state index contributed by atoms with van der Waals surface area (Å²) < 4.78 is 13.8. The number of carbonyl (C=O) groups is 1. The van der Waals surface area contributed by atoms with E-state index in [1.165, 1.54) is 9.80 Å². The Morgan fingerprint density at radius 1 is 1.25 bits per heavy atom. The van der Waals surface area contributed by atoms with Crippen molar-refractivity contribution in [2.45, 2.75) is 13.8 Å². The molecule has 0 radical (unpaired) electrons. The summed E-state index contributed by atoms with van der Waals surface area (Å²) in [6.07, 6.45) is 4.31. The van der Waals surface area contributed by atoms with Crippen LogP contribution in [0.4, 0.5) is 10.1 Å². The summed E-state index contributed by atoms with van der Waals surface area (Å²) in [6, 6.07) is 5.69. The van der Waals surface area contributed by atoms with Crippen molar-refractivity contribution in [1.82, 2.24) is 4.90 Å². The number of fused-ring (bicyclic) bond motifs is 1. The second-order valence-electron chi connectivity index (χ2n) is 4.80. The molecule has 0 aromatic heterocycles. The van der Waals surface area contributed by atoms with Crippen molar-refractivity contribution in [1.29, 1.82) is 0 Å². The number of anilines is 1. The van der Waals surface area contributed by atoms with Crippen LogP contribution in [-0.2, 0) is 4.79 Å². The number of nitrogens with zero attached hydrogens (tertiary/aromatic N) is 3. The lowest BCUT2D eigenvalue weighted by Gasteiger charge is -2.34. The van der Waals surface area contributed by atoms with Crippen LogP contribution in [0.3, 0.4) is 0 Å². The van der Waals surface area contributed by atoms with Gasteiger partial charge in [-0.3, -0.25) is 9.69 Å². The third kappa shape index (κ3) is 1.91. The summed E-state index contributed by atoms with van der Waals surface area (Å²) in [5.74, 6) is -0.721. The van der Waals surface area contributed by atoms with Crippen LogP contribution >= 0.6 is 0 Å². The van der Waals surface area contributed by atoms with Crippen LogP contribution in [0.5, 0.6) is 0 Å². The summed E-state index contributed by atoms with van der Waals surface area (Å²) in [4.78, 5) is 19.1. The van der Waals surface area contributed by atoms with Crippen LogP contribution in [0.2, 0.25) is 0 Å². The number of benzene rings is 1. The zero-order valence-electron chi connectivity index (χ0n) is 11.3. The molecule has 0 atom stereocenters. The Bertz CT molecular complexity index is 676. The monoisotopic (exact) mass is 271 g/mol. The second kappa shape index (κ2) is 4.59. The fourth-order valence-electron chi connectivity index (χ4n) is 2.22. The first kappa shape index (κ1) is 12.6. The summed E-state index contributed by atoms with van der Waals surface area (Å²) in [5, 5.41) is 0. The van der Waals surface area contributed by atoms with Gasteiger partial charge in [0, 0.05) is 6.20 Å². The lowest BCUT2D eigenvalue weighted by Crippen LogP contribution is -2.49. The average Bonchev–Trinajstić information content (AvgIpc) is 2.43. The predicted octanol–water partition coefficient (Wildman–Crippen LogP) is 2.65. The fourth-order valence-corrected chi connectivity index (χ4v) is 2.22. The number of aryl methyl sites for hydroxylation is 2. The van der Waals surface area contributed by atoms with Crippen LogP contribution in [0.15, 0.2) is 47.5 Å². The van der Waals surface area contributed by atoms with E-state index >= 15 is 0 Å². The molecule has 1 aromatic carbocycles. The van der Waals surface area contributed by atoms with E-state index in [0.29, 0.717) is 18.2 Å². The van der Waals surface area contributed by atoms with Crippen molar-refractivity contribution in [2.24, 2.45) is 4.99 Å². The minimum absolute atomic E-state index is 0.306. The minimum Gasteiger partial charge on any atom is -0.269 e. The van der Waals surface area contributed by atoms with Gasteiger partial charge in [0.2, 0.25) is 11.9 Å². The Morgan fingerprint density at radius 3 is 2.80 bits per heavy atom. The molecule has 0 spiro atoms. The SMILES string of the molecule is Cc1ccc(N2C(=O)C=C(F)N3C=CCN=C32)cc1C. The van der Waals surface area contributed by atoms with Crippen LogP contribution < -0.4 is 4.90 Å². The number of aliphatic imine (C=N–C) groups is 1. The van der Waals surface area contributed by atoms with E-state index in [9.17, 15) is 9.18 Å². The molecule has 20 heavy (non-hydrogen) atoms. The second-order valence-corrected chi connectivity index (χ2v) is 4.80. The Balaban J connectivity index is 2.10. The quantitative estimate of drug-likeness (QED) is 0.736. The summed E-state index contributed by atoms with van der Waals surface area (Å²) in [5.41, 5.74) is 2.91. The van der Waals surface area contributed by atoms with Gasteiger partial charge in [-0.15, -0.1) is 0 Å². The van der Waals surface area contributed by atoms with Crippen molar-refractivity contribution < 1.29 is 9.18 Å². The van der Waals surface area contributed by atoms with Gasteiger partial charge in [0.15, 0.2) is 0 Å². The molecule has 1 aromatic rings. The van der Waals surface area contributed by atoms with E-state index in [2.05, 4.69) is 4.99 Å². The number of guanidine groups is 1. The minimum atomic E-state index is -0.607. The maximum atomic E-state index is 13.8. The molecule has 2 heterocycles. The van der Waals surface area contributed by atoms with Gasteiger partial charge in [0.1, 0.15) is 0 Å². The number of halogens is 1. The summed E-state index contributed by atoms with van der Waals surface area (Å²) >= 11 is 0. The molecule has 2 aliphatic rings. The van der Waals surface area contributed by atoms with E-state index in [1.807, 2.05) is 32.0 Å². The van der Waals surface area contributed by atoms with E-state index in [1.54, 1.807) is 12.3 Å². The zero-order chi connectivity index (χ0) is 14.3. The van der Waals surface area contributed by atoms with Crippen molar-refractivity contribution in [3.63, 3.8) is 0 Å². The molecule has 0 bridgehead atoms. The molecule has 0 N–H and O–H groups in total. The highest BCUT2D eigenvalue weighted by atomic mass is 19.1. The van der Waals surface area contributed by atoms with Crippen molar-refractivity contribution in [2.75, 3.05) is 11.4 Å². The molecule has 0 fully saturated rings. The van der Waals surface area contributed by atoms with E-state index in [0.717, 1.165) is 17.2 Å². The van der Waals surface area contributed by atoms with Gasteiger partial charge in [0.25, 0.3) is 5.91 Å². The third-order valence-corrected chi connectivity index (χ3v) is 3.45. The van der Waals surface area contributed by atoms with Gasteiger partial charge < -0.3 is 0 Å². The van der Waals surface area contributed by atoms with Crippen molar-refractivity contribution in [3.05, 3.63) is 53.6 Å². The Hall–Kier alpha value is -2.43. The molecule has 2 aliphatic heterocycles. The summed E-state index contributed by atoms with van der Waals surface area (Å²) in [6.45, 7) is 4.42. The number of rotatable bonds is 1. The first-order valence-electron chi connectivity index (χ1n) is 6.37.